The van der Waals surface area contributed by atoms with Crippen LogP contribution in [0, 0.1) is 5.41 Å². The van der Waals surface area contributed by atoms with E-state index in [2.05, 4.69) is 58.2 Å². The zero-order chi connectivity index (χ0) is 13.0. The monoisotopic (exact) mass is 310 g/mol. The fraction of sp³-hybridized carbons (Fsp3) is 0.600. The Kier molecular flexibility index (Phi) is 4.68. The Labute approximate surface area is 119 Å². The van der Waals surface area contributed by atoms with Crippen LogP contribution in [0.25, 0.3) is 0 Å². The van der Waals surface area contributed by atoms with Crippen LogP contribution in [0.1, 0.15) is 26.7 Å². The van der Waals surface area contributed by atoms with Crippen molar-refractivity contribution in [1.82, 2.24) is 4.90 Å². The Morgan fingerprint density at radius 2 is 2.11 bits per heavy atom. The zero-order valence-corrected chi connectivity index (χ0v) is 13.0. The van der Waals surface area contributed by atoms with Crippen LogP contribution in [0.15, 0.2) is 28.7 Å². The van der Waals surface area contributed by atoms with E-state index in [1.807, 2.05) is 6.07 Å². The summed E-state index contributed by atoms with van der Waals surface area (Å²) in [6.45, 7) is 9.37. The zero-order valence-electron chi connectivity index (χ0n) is 11.4. The molecule has 0 aliphatic carbocycles. The first-order valence-electron chi connectivity index (χ1n) is 6.78. The van der Waals surface area contributed by atoms with Crippen molar-refractivity contribution in [3.8, 4) is 0 Å². The van der Waals surface area contributed by atoms with Crippen LogP contribution < -0.4 is 5.32 Å². The van der Waals surface area contributed by atoms with Crippen LogP contribution in [-0.2, 0) is 0 Å². The average Bonchev–Trinajstić information content (AvgIpc) is 2.30. The summed E-state index contributed by atoms with van der Waals surface area (Å²) in [6.07, 6.45) is 2.70. The summed E-state index contributed by atoms with van der Waals surface area (Å²) in [7, 11) is 0. The molecule has 3 heteroatoms. The second kappa shape index (κ2) is 6.07. The average molecular weight is 311 g/mol. The topological polar surface area (TPSA) is 15.3 Å². The first kappa shape index (κ1) is 13.9. The summed E-state index contributed by atoms with van der Waals surface area (Å²) in [4.78, 5) is 2.58. The number of anilines is 1. The SMILES string of the molecule is CC1(C)CCCN(CCNc2ccccc2Br)C1. The quantitative estimate of drug-likeness (QED) is 0.905. The van der Waals surface area contributed by atoms with Gasteiger partial charge in [-0.25, -0.2) is 0 Å². The third-order valence-electron chi connectivity index (χ3n) is 3.60. The Balaban J connectivity index is 1.77. The molecule has 1 fully saturated rings. The molecule has 0 radical (unpaired) electrons. The number of para-hydroxylation sites is 1. The molecule has 18 heavy (non-hydrogen) atoms. The third-order valence-corrected chi connectivity index (χ3v) is 4.29. The molecule has 1 heterocycles. The summed E-state index contributed by atoms with van der Waals surface area (Å²) >= 11 is 3.56. The second-order valence-electron chi connectivity index (χ2n) is 5.95. The molecule has 0 saturated carbocycles. The van der Waals surface area contributed by atoms with E-state index >= 15 is 0 Å². The molecule has 100 valence electrons. The predicted octanol–water partition coefficient (Wildman–Crippen LogP) is 3.98. The minimum atomic E-state index is 0.492. The van der Waals surface area contributed by atoms with Crippen molar-refractivity contribution in [2.24, 2.45) is 5.41 Å². The van der Waals surface area contributed by atoms with Gasteiger partial charge in [-0.1, -0.05) is 26.0 Å². The number of nitrogens with zero attached hydrogens (tertiary/aromatic N) is 1. The van der Waals surface area contributed by atoms with Gasteiger partial charge in [-0.2, -0.15) is 0 Å². The molecule has 0 amide bonds. The standard InChI is InChI=1S/C15H23BrN2/c1-15(2)8-5-10-18(12-15)11-9-17-14-7-4-3-6-13(14)16/h3-4,6-7,17H,5,8-12H2,1-2H3. The van der Waals surface area contributed by atoms with Gasteiger partial charge in [0.15, 0.2) is 0 Å². The minimum absolute atomic E-state index is 0.492. The van der Waals surface area contributed by atoms with Gasteiger partial charge in [-0.15, -0.1) is 0 Å². The number of likely N-dealkylation sites (tertiary alicyclic amines) is 1. The third kappa shape index (κ3) is 3.99. The van der Waals surface area contributed by atoms with Crippen LogP contribution >= 0.6 is 15.9 Å². The molecule has 0 unspecified atom stereocenters. The second-order valence-corrected chi connectivity index (χ2v) is 6.80. The van der Waals surface area contributed by atoms with Gasteiger partial charge in [0.05, 0.1) is 0 Å². The molecule has 1 aromatic rings. The highest BCUT2D eigenvalue weighted by atomic mass is 79.9. The molecule has 1 aromatic carbocycles. The van der Waals surface area contributed by atoms with Crippen molar-refractivity contribution in [2.45, 2.75) is 26.7 Å². The summed E-state index contributed by atoms with van der Waals surface area (Å²) < 4.78 is 1.14. The maximum Gasteiger partial charge on any atom is 0.0485 e. The first-order valence-corrected chi connectivity index (χ1v) is 7.57. The normalized spacial score (nSPS) is 19.7. The van der Waals surface area contributed by atoms with E-state index in [-0.39, 0.29) is 0 Å². The Bertz CT molecular complexity index is 390. The molecule has 0 atom stereocenters. The van der Waals surface area contributed by atoms with Crippen molar-refractivity contribution in [2.75, 3.05) is 31.5 Å². The van der Waals surface area contributed by atoms with Gasteiger partial charge in [0, 0.05) is 29.8 Å². The number of rotatable bonds is 4. The van der Waals surface area contributed by atoms with E-state index in [0.717, 1.165) is 17.6 Å². The van der Waals surface area contributed by atoms with Gasteiger partial charge in [0.1, 0.15) is 0 Å². The highest BCUT2D eigenvalue weighted by Gasteiger charge is 2.25. The van der Waals surface area contributed by atoms with Crippen LogP contribution in [0.2, 0.25) is 0 Å². The van der Waals surface area contributed by atoms with Gasteiger partial charge in [-0.05, 0) is 52.9 Å². The minimum Gasteiger partial charge on any atom is -0.383 e. The van der Waals surface area contributed by atoms with E-state index in [4.69, 9.17) is 0 Å². The summed E-state index contributed by atoms with van der Waals surface area (Å²) in [5, 5.41) is 3.50. The van der Waals surface area contributed by atoms with E-state index < -0.39 is 0 Å². The smallest absolute Gasteiger partial charge is 0.0485 e. The largest absolute Gasteiger partial charge is 0.383 e. The highest BCUT2D eigenvalue weighted by molar-refractivity contribution is 9.10. The molecule has 2 nitrogen and oxygen atoms in total. The maximum absolute atomic E-state index is 3.56. The number of nitrogens with one attached hydrogen (secondary N) is 1. The van der Waals surface area contributed by atoms with Crippen molar-refractivity contribution in [3.63, 3.8) is 0 Å². The number of benzene rings is 1. The maximum atomic E-state index is 3.56. The van der Waals surface area contributed by atoms with E-state index in [9.17, 15) is 0 Å². The number of hydrogen-bond donors (Lipinski definition) is 1. The Morgan fingerprint density at radius 1 is 1.33 bits per heavy atom. The molecule has 0 spiro atoms. The van der Waals surface area contributed by atoms with E-state index in [1.165, 1.54) is 31.6 Å². The Hall–Kier alpha value is -0.540. The van der Waals surface area contributed by atoms with Gasteiger partial charge >= 0.3 is 0 Å². The lowest BCUT2D eigenvalue weighted by molar-refractivity contribution is 0.122. The summed E-state index contributed by atoms with van der Waals surface area (Å²) in [5.41, 5.74) is 1.68. The lowest BCUT2D eigenvalue weighted by atomic mass is 9.84. The first-order chi connectivity index (χ1) is 8.57. The van der Waals surface area contributed by atoms with Crippen LogP contribution in [0.3, 0.4) is 0 Å². The van der Waals surface area contributed by atoms with Crippen molar-refractivity contribution >= 4 is 21.6 Å². The van der Waals surface area contributed by atoms with Gasteiger partial charge in [0.2, 0.25) is 0 Å². The number of hydrogen-bond acceptors (Lipinski definition) is 2. The molecule has 2 rings (SSSR count). The van der Waals surface area contributed by atoms with Crippen LogP contribution in [0.4, 0.5) is 5.69 Å². The van der Waals surface area contributed by atoms with Crippen molar-refractivity contribution in [3.05, 3.63) is 28.7 Å². The fourth-order valence-corrected chi connectivity index (χ4v) is 3.11. The van der Waals surface area contributed by atoms with Crippen molar-refractivity contribution < 1.29 is 0 Å². The molecule has 1 N–H and O–H groups in total. The van der Waals surface area contributed by atoms with E-state index in [0.29, 0.717) is 5.41 Å². The molecular formula is C15H23BrN2. The molecule has 0 bridgehead atoms. The Morgan fingerprint density at radius 3 is 2.83 bits per heavy atom. The summed E-state index contributed by atoms with van der Waals surface area (Å²) in [6, 6.07) is 8.30. The molecule has 0 aromatic heterocycles. The van der Waals surface area contributed by atoms with Crippen LogP contribution in [0.5, 0.6) is 0 Å². The fourth-order valence-electron chi connectivity index (χ4n) is 2.69. The molecule has 1 aliphatic heterocycles. The highest BCUT2D eigenvalue weighted by Crippen LogP contribution is 2.28. The molecular weight excluding hydrogens is 288 g/mol. The molecule has 1 saturated heterocycles. The number of halogens is 1. The number of piperidine rings is 1. The van der Waals surface area contributed by atoms with Crippen molar-refractivity contribution in [1.29, 1.82) is 0 Å². The van der Waals surface area contributed by atoms with Crippen LogP contribution in [-0.4, -0.2) is 31.1 Å². The summed E-state index contributed by atoms with van der Waals surface area (Å²) in [5.74, 6) is 0. The predicted molar refractivity (Wildman–Crippen MR) is 82.1 cm³/mol. The van der Waals surface area contributed by atoms with E-state index in [1.54, 1.807) is 0 Å². The van der Waals surface area contributed by atoms with Gasteiger partial charge in [0.25, 0.3) is 0 Å². The van der Waals surface area contributed by atoms with Gasteiger partial charge in [-0.3, -0.25) is 0 Å². The van der Waals surface area contributed by atoms with Gasteiger partial charge < -0.3 is 10.2 Å². The lowest BCUT2D eigenvalue weighted by Crippen LogP contribution is -2.42. The lowest BCUT2D eigenvalue weighted by Gasteiger charge is -2.38. The molecule has 1 aliphatic rings.